The highest BCUT2D eigenvalue weighted by molar-refractivity contribution is 7.80. The monoisotopic (exact) mass is 294 g/mol. The van der Waals surface area contributed by atoms with Crippen molar-refractivity contribution in [3.05, 3.63) is 54.1 Å². The van der Waals surface area contributed by atoms with Crippen molar-refractivity contribution in [2.24, 2.45) is 5.73 Å². The molecule has 0 bridgehead atoms. The number of anilines is 2. The molecule has 0 aromatic heterocycles. The van der Waals surface area contributed by atoms with Gasteiger partial charge in [0, 0.05) is 16.9 Å². The Hall–Kier alpha value is -2.21. The van der Waals surface area contributed by atoms with E-state index in [0.29, 0.717) is 4.99 Å². The van der Waals surface area contributed by atoms with Crippen LogP contribution in [0.4, 0.5) is 20.2 Å². The van der Waals surface area contributed by atoms with E-state index < -0.39 is 6.61 Å². The fourth-order valence-electron chi connectivity index (χ4n) is 1.60. The van der Waals surface area contributed by atoms with Gasteiger partial charge in [0.25, 0.3) is 0 Å². The summed E-state index contributed by atoms with van der Waals surface area (Å²) in [5, 5.41) is 3.12. The average molecular weight is 294 g/mol. The third-order valence-corrected chi connectivity index (χ3v) is 2.77. The zero-order valence-electron chi connectivity index (χ0n) is 10.3. The number of hydrogen-bond donors (Lipinski definition) is 2. The van der Waals surface area contributed by atoms with E-state index in [1.54, 1.807) is 24.3 Å². The summed E-state index contributed by atoms with van der Waals surface area (Å²) in [6, 6.07) is 13.5. The first-order chi connectivity index (χ1) is 9.54. The Balaban J connectivity index is 2.04. The van der Waals surface area contributed by atoms with Gasteiger partial charge < -0.3 is 15.8 Å². The first-order valence-corrected chi connectivity index (χ1v) is 6.17. The van der Waals surface area contributed by atoms with Gasteiger partial charge in [0.1, 0.15) is 10.7 Å². The van der Waals surface area contributed by atoms with Gasteiger partial charge in [-0.15, -0.1) is 0 Å². The van der Waals surface area contributed by atoms with E-state index in [0.717, 1.165) is 16.9 Å². The number of thiocarbonyl (C=S) groups is 1. The quantitative estimate of drug-likeness (QED) is 0.826. The van der Waals surface area contributed by atoms with E-state index in [9.17, 15) is 8.78 Å². The second kappa shape index (κ2) is 6.29. The second-order valence-corrected chi connectivity index (χ2v) is 4.41. The molecule has 0 saturated carbocycles. The summed E-state index contributed by atoms with van der Waals surface area (Å²) in [6.45, 7) is -2.82. The molecule has 0 amide bonds. The zero-order chi connectivity index (χ0) is 14.5. The minimum absolute atomic E-state index is 0.120. The van der Waals surface area contributed by atoms with Crippen LogP contribution in [0.5, 0.6) is 5.75 Å². The van der Waals surface area contributed by atoms with Crippen LogP contribution in [-0.4, -0.2) is 11.6 Å². The summed E-state index contributed by atoms with van der Waals surface area (Å²) in [6.07, 6.45) is 0. The summed E-state index contributed by atoms with van der Waals surface area (Å²) < 4.78 is 28.3. The van der Waals surface area contributed by atoms with Crippen molar-refractivity contribution in [3.63, 3.8) is 0 Å². The lowest BCUT2D eigenvalue weighted by molar-refractivity contribution is -0.0498. The summed E-state index contributed by atoms with van der Waals surface area (Å²) in [7, 11) is 0. The molecule has 0 aliphatic rings. The van der Waals surface area contributed by atoms with E-state index in [-0.39, 0.29) is 5.75 Å². The van der Waals surface area contributed by atoms with Gasteiger partial charge in [-0.2, -0.15) is 8.78 Å². The topological polar surface area (TPSA) is 47.3 Å². The van der Waals surface area contributed by atoms with E-state index in [1.807, 2.05) is 12.1 Å². The van der Waals surface area contributed by atoms with Crippen molar-refractivity contribution in [1.82, 2.24) is 0 Å². The first kappa shape index (κ1) is 14.2. The van der Waals surface area contributed by atoms with E-state index in [4.69, 9.17) is 18.0 Å². The molecule has 3 nitrogen and oxygen atoms in total. The lowest BCUT2D eigenvalue weighted by Crippen LogP contribution is -2.08. The molecule has 2 aromatic rings. The largest absolute Gasteiger partial charge is 0.435 e. The highest BCUT2D eigenvalue weighted by Crippen LogP contribution is 2.21. The molecule has 2 aromatic carbocycles. The Bertz CT molecular complexity index is 585. The van der Waals surface area contributed by atoms with Gasteiger partial charge in [-0.1, -0.05) is 12.2 Å². The number of nitrogens with one attached hydrogen (secondary N) is 1. The van der Waals surface area contributed by atoms with Crippen LogP contribution >= 0.6 is 12.2 Å². The molecule has 0 saturated heterocycles. The van der Waals surface area contributed by atoms with Crippen LogP contribution in [0.1, 0.15) is 5.56 Å². The van der Waals surface area contributed by atoms with Crippen molar-refractivity contribution in [1.29, 1.82) is 0 Å². The first-order valence-electron chi connectivity index (χ1n) is 5.76. The Kier molecular flexibility index (Phi) is 4.47. The zero-order valence-corrected chi connectivity index (χ0v) is 11.2. The van der Waals surface area contributed by atoms with Crippen LogP contribution in [0, 0.1) is 0 Å². The molecular weight excluding hydrogens is 282 g/mol. The van der Waals surface area contributed by atoms with Gasteiger partial charge in [-0.25, -0.2) is 0 Å². The van der Waals surface area contributed by atoms with Gasteiger partial charge in [0.2, 0.25) is 0 Å². The van der Waals surface area contributed by atoms with Crippen molar-refractivity contribution in [2.75, 3.05) is 5.32 Å². The third-order valence-electron chi connectivity index (χ3n) is 2.54. The van der Waals surface area contributed by atoms with Crippen LogP contribution in [0.25, 0.3) is 0 Å². The molecule has 104 valence electrons. The van der Waals surface area contributed by atoms with Gasteiger partial charge in [0.05, 0.1) is 0 Å². The molecular formula is C14H12F2N2OS. The maximum absolute atomic E-state index is 12.0. The van der Waals surface area contributed by atoms with Crippen molar-refractivity contribution >= 4 is 28.6 Å². The Morgan fingerprint density at radius 1 is 1.00 bits per heavy atom. The number of benzene rings is 2. The number of alkyl halides is 2. The van der Waals surface area contributed by atoms with E-state index >= 15 is 0 Å². The fourth-order valence-corrected chi connectivity index (χ4v) is 1.74. The number of ether oxygens (including phenoxy) is 1. The molecule has 0 aliphatic heterocycles. The number of halogens is 2. The van der Waals surface area contributed by atoms with E-state index in [1.165, 1.54) is 12.1 Å². The normalized spacial score (nSPS) is 10.3. The summed E-state index contributed by atoms with van der Waals surface area (Å²) >= 11 is 4.87. The van der Waals surface area contributed by atoms with Crippen molar-refractivity contribution in [3.8, 4) is 5.75 Å². The number of rotatable bonds is 5. The molecule has 20 heavy (non-hydrogen) atoms. The molecule has 0 atom stereocenters. The molecule has 0 aliphatic carbocycles. The third kappa shape index (κ3) is 3.89. The number of nitrogens with two attached hydrogens (primary N) is 1. The maximum Gasteiger partial charge on any atom is 0.387 e. The standard InChI is InChI=1S/C14H12F2N2OS/c15-14(16)19-12-7-5-11(6-8-12)18-10-3-1-9(2-4-10)13(17)20/h1-8,14,18H,(H2,17,20). The molecule has 2 rings (SSSR count). The maximum atomic E-state index is 12.0. The van der Waals surface area contributed by atoms with Gasteiger partial charge in [0.15, 0.2) is 0 Å². The van der Waals surface area contributed by atoms with Gasteiger partial charge in [-0.3, -0.25) is 0 Å². The molecule has 0 radical (unpaired) electrons. The highest BCUT2D eigenvalue weighted by atomic mass is 32.1. The lowest BCUT2D eigenvalue weighted by atomic mass is 10.2. The van der Waals surface area contributed by atoms with Gasteiger partial charge >= 0.3 is 6.61 Å². The Morgan fingerprint density at radius 3 is 1.95 bits per heavy atom. The van der Waals surface area contributed by atoms with Crippen LogP contribution in [0.15, 0.2) is 48.5 Å². The van der Waals surface area contributed by atoms with Crippen LogP contribution in [0.3, 0.4) is 0 Å². The fraction of sp³-hybridized carbons (Fsp3) is 0.0714. The predicted octanol–water partition coefficient (Wildman–Crippen LogP) is 3.67. The lowest BCUT2D eigenvalue weighted by Gasteiger charge is -2.09. The molecule has 0 spiro atoms. The van der Waals surface area contributed by atoms with Crippen molar-refractivity contribution < 1.29 is 13.5 Å². The minimum atomic E-state index is -2.82. The van der Waals surface area contributed by atoms with Gasteiger partial charge in [-0.05, 0) is 48.5 Å². The Labute approximate surface area is 120 Å². The molecule has 0 heterocycles. The van der Waals surface area contributed by atoms with Crippen LogP contribution in [0.2, 0.25) is 0 Å². The summed E-state index contributed by atoms with van der Waals surface area (Å²) in [5.41, 5.74) is 7.89. The highest BCUT2D eigenvalue weighted by Gasteiger charge is 2.03. The summed E-state index contributed by atoms with van der Waals surface area (Å²) in [5.74, 6) is 0.120. The number of hydrogen-bond acceptors (Lipinski definition) is 3. The van der Waals surface area contributed by atoms with Crippen molar-refractivity contribution in [2.45, 2.75) is 6.61 Å². The van der Waals surface area contributed by atoms with Crippen LogP contribution < -0.4 is 15.8 Å². The second-order valence-electron chi connectivity index (χ2n) is 3.97. The predicted molar refractivity (Wildman–Crippen MR) is 78.7 cm³/mol. The molecule has 0 unspecified atom stereocenters. The van der Waals surface area contributed by atoms with Crippen LogP contribution in [-0.2, 0) is 0 Å². The SMILES string of the molecule is NC(=S)c1ccc(Nc2ccc(OC(F)F)cc2)cc1. The van der Waals surface area contributed by atoms with E-state index in [2.05, 4.69) is 10.1 Å². The molecule has 0 fully saturated rings. The molecule has 3 N–H and O–H groups in total. The smallest absolute Gasteiger partial charge is 0.387 e. The minimum Gasteiger partial charge on any atom is -0.435 e. The average Bonchev–Trinajstić information content (AvgIpc) is 2.41. The molecule has 6 heteroatoms. The Morgan fingerprint density at radius 2 is 1.50 bits per heavy atom. The summed E-state index contributed by atoms with van der Waals surface area (Å²) in [4.78, 5) is 0.338.